The highest BCUT2D eigenvalue weighted by atomic mass is 16.1. The lowest BCUT2D eigenvalue weighted by Crippen LogP contribution is -1.98. The van der Waals surface area contributed by atoms with Crippen LogP contribution in [0.3, 0.4) is 0 Å². The molecule has 0 saturated carbocycles. The number of hydrogen-bond acceptors (Lipinski definition) is 2. The average molecular weight is 203 g/mol. The van der Waals surface area contributed by atoms with Crippen LogP contribution >= 0.6 is 0 Å². The highest BCUT2D eigenvalue weighted by molar-refractivity contribution is 5.96. The van der Waals surface area contributed by atoms with E-state index >= 15 is 0 Å². The predicted octanol–water partition coefficient (Wildman–Crippen LogP) is 3.92. The van der Waals surface area contributed by atoms with Gasteiger partial charge in [0, 0.05) is 22.6 Å². The molecule has 0 N–H and O–H groups in total. The molecule has 0 atom stereocenters. The summed E-state index contributed by atoms with van der Waals surface area (Å²) in [6, 6.07) is 5.15. The molecule has 78 valence electrons. The second-order valence-electron chi connectivity index (χ2n) is 3.36. The zero-order valence-electron chi connectivity index (χ0n) is 8.90. The number of Topliss-reactive ketones (excluding diaryl/α,β-unsaturated/α-hetero) is 1. The number of carbonyl (C=O) groups excluding carboxylic acids is 1. The van der Waals surface area contributed by atoms with Crippen LogP contribution in [0.25, 0.3) is 10.4 Å². The molecule has 0 saturated heterocycles. The summed E-state index contributed by atoms with van der Waals surface area (Å²) in [7, 11) is 0. The molecule has 0 spiro atoms. The van der Waals surface area contributed by atoms with Gasteiger partial charge in [0.1, 0.15) is 0 Å². The van der Waals surface area contributed by atoms with E-state index in [0.29, 0.717) is 17.7 Å². The van der Waals surface area contributed by atoms with Crippen LogP contribution in [0.2, 0.25) is 0 Å². The number of hydrogen-bond donors (Lipinski definition) is 0. The summed E-state index contributed by atoms with van der Waals surface area (Å²) in [5, 5.41) is 3.52. The third kappa shape index (κ3) is 2.82. The van der Waals surface area contributed by atoms with Gasteiger partial charge in [0.25, 0.3) is 0 Å². The molecule has 0 aliphatic heterocycles. The Kier molecular flexibility index (Phi) is 3.89. The van der Waals surface area contributed by atoms with E-state index in [0.717, 1.165) is 12.0 Å². The number of aryl methyl sites for hydroxylation is 1. The fourth-order valence-corrected chi connectivity index (χ4v) is 1.36. The Bertz CT molecular complexity index is 420. The largest absolute Gasteiger partial charge is 0.294 e. The Labute approximate surface area is 88.6 Å². The van der Waals surface area contributed by atoms with Gasteiger partial charge in [-0.1, -0.05) is 24.2 Å². The van der Waals surface area contributed by atoms with Crippen LogP contribution in [0.5, 0.6) is 0 Å². The highest BCUT2D eigenvalue weighted by Crippen LogP contribution is 2.20. The van der Waals surface area contributed by atoms with Gasteiger partial charge >= 0.3 is 0 Å². The first-order valence-electron chi connectivity index (χ1n) is 4.88. The maximum absolute atomic E-state index is 11.6. The van der Waals surface area contributed by atoms with Crippen molar-refractivity contribution in [3.63, 3.8) is 0 Å². The molecule has 4 nitrogen and oxygen atoms in total. The van der Waals surface area contributed by atoms with Crippen molar-refractivity contribution in [2.75, 3.05) is 0 Å². The maximum Gasteiger partial charge on any atom is 0.162 e. The second kappa shape index (κ2) is 5.17. The van der Waals surface area contributed by atoms with Crippen molar-refractivity contribution in [2.45, 2.75) is 26.7 Å². The molecule has 1 aromatic carbocycles. The lowest BCUT2D eigenvalue weighted by molar-refractivity contribution is 0.0981. The van der Waals surface area contributed by atoms with E-state index in [1.54, 1.807) is 18.2 Å². The Morgan fingerprint density at radius 2 is 2.27 bits per heavy atom. The van der Waals surface area contributed by atoms with Gasteiger partial charge in [-0.15, -0.1) is 0 Å². The number of rotatable bonds is 4. The van der Waals surface area contributed by atoms with Gasteiger partial charge in [0.05, 0.1) is 0 Å². The van der Waals surface area contributed by atoms with Crippen molar-refractivity contribution in [1.29, 1.82) is 0 Å². The number of benzene rings is 1. The van der Waals surface area contributed by atoms with Gasteiger partial charge in [-0.05, 0) is 30.5 Å². The minimum Gasteiger partial charge on any atom is -0.294 e. The Hall–Kier alpha value is -1.80. The quantitative estimate of drug-likeness (QED) is 0.316. The first kappa shape index (κ1) is 11.3. The van der Waals surface area contributed by atoms with Gasteiger partial charge in [0.15, 0.2) is 5.78 Å². The Morgan fingerprint density at radius 1 is 1.53 bits per heavy atom. The third-order valence-electron chi connectivity index (χ3n) is 2.15. The SMILES string of the molecule is CCCC(=O)c1ccc(N=[N+]=[N-])c(C)c1. The first-order chi connectivity index (χ1) is 7.19. The molecular weight excluding hydrogens is 190 g/mol. The Morgan fingerprint density at radius 3 is 2.80 bits per heavy atom. The van der Waals surface area contributed by atoms with Crippen molar-refractivity contribution in [3.8, 4) is 0 Å². The average Bonchev–Trinajstić information content (AvgIpc) is 2.21. The van der Waals surface area contributed by atoms with E-state index in [-0.39, 0.29) is 5.78 Å². The zero-order valence-corrected chi connectivity index (χ0v) is 8.90. The van der Waals surface area contributed by atoms with E-state index in [4.69, 9.17) is 5.53 Å². The van der Waals surface area contributed by atoms with Gasteiger partial charge in [-0.2, -0.15) is 0 Å². The van der Waals surface area contributed by atoms with Gasteiger partial charge in [0.2, 0.25) is 0 Å². The van der Waals surface area contributed by atoms with Crippen LogP contribution in [-0.4, -0.2) is 5.78 Å². The number of carbonyl (C=O) groups is 1. The summed E-state index contributed by atoms with van der Waals surface area (Å²) in [6.45, 7) is 3.80. The van der Waals surface area contributed by atoms with E-state index in [1.807, 2.05) is 13.8 Å². The molecule has 0 radical (unpaired) electrons. The summed E-state index contributed by atoms with van der Waals surface area (Å²) >= 11 is 0. The molecule has 15 heavy (non-hydrogen) atoms. The lowest BCUT2D eigenvalue weighted by atomic mass is 10.0. The van der Waals surface area contributed by atoms with Crippen molar-refractivity contribution in [2.24, 2.45) is 5.11 Å². The van der Waals surface area contributed by atoms with E-state index in [1.165, 1.54) is 0 Å². The fraction of sp³-hybridized carbons (Fsp3) is 0.364. The first-order valence-corrected chi connectivity index (χ1v) is 4.88. The molecule has 0 aromatic heterocycles. The number of azide groups is 1. The summed E-state index contributed by atoms with van der Waals surface area (Å²) in [5.41, 5.74) is 10.4. The van der Waals surface area contributed by atoms with Crippen molar-refractivity contribution in [3.05, 3.63) is 39.8 Å². The molecule has 0 amide bonds. The van der Waals surface area contributed by atoms with Crippen LogP contribution in [0.4, 0.5) is 5.69 Å². The summed E-state index contributed by atoms with van der Waals surface area (Å²) in [4.78, 5) is 14.3. The van der Waals surface area contributed by atoms with Gasteiger partial charge in [-0.3, -0.25) is 4.79 Å². The third-order valence-corrected chi connectivity index (χ3v) is 2.15. The van der Waals surface area contributed by atoms with Crippen molar-refractivity contribution < 1.29 is 4.79 Å². The maximum atomic E-state index is 11.6. The smallest absolute Gasteiger partial charge is 0.162 e. The van der Waals surface area contributed by atoms with Crippen LogP contribution in [0, 0.1) is 6.92 Å². The molecule has 0 aliphatic carbocycles. The number of ketones is 1. The molecule has 4 heteroatoms. The molecule has 1 rings (SSSR count). The monoisotopic (exact) mass is 203 g/mol. The Balaban J connectivity index is 3.00. The van der Waals surface area contributed by atoms with Crippen LogP contribution in [0.15, 0.2) is 23.3 Å². The molecule has 0 fully saturated rings. The van der Waals surface area contributed by atoms with Crippen LogP contribution in [-0.2, 0) is 0 Å². The number of nitrogens with zero attached hydrogens (tertiary/aromatic N) is 3. The zero-order chi connectivity index (χ0) is 11.3. The van der Waals surface area contributed by atoms with E-state index in [9.17, 15) is 4.79 Å². The van der Waals surface area contributed by atoms with Gasteiger partial charge in [-0.25, -0.2) is 0 Å². The topological polar surface area (TPSA) is 65.8 Å². The minimum absolute atomic E-state index is 0.132. The lowest BCUT2D eigenvalue weighted by Gasteiger charge is -2.03. The summed E-state index contributed by atoms with van der Waals surface area (Å²) in [6.07, 6.45) is 1.40. The van der Waals surface area contributed by atoms with Crippen LogP contribution in [0.1, 0.15) is 35.7 Å². The van der Waals surface area contributed by atoms with Crippen molar-refractivity contribution >= 4 is 11.5 Å². The fourth-order valence-electron chi connectivity index (χ4n) is 1.36. The molecule has 0 bridgehead atoms. The van der Waals surface area contributed by atoms with Gasteiger partial charge < -0.3 is 0 Å². The second-order valence-corrected chi connectivity index (χ2v) is 3.36. The molecule has 0 unspecified atom stereocenters. The highest BCUT2D eigenvalue weighted by Gasteiger charge is 2.05. The van der Waals surface area contributed by atoms with E-state index < -0.39 is 0 Å². The normalized spacial score (nSPS) is 9.47. The predicted molar refractivity (Wildman–Crippen MR) is 59.2 cm³/mol. The molecule has 0 aliphatic rings. The van der Waals surface area contributed by atoms with Crippen LogP contribution < -0.4 is 0 Å². The summed E-state index contributed by atoms with van der Waals surface area (Å²) < 4.78 is 0. The standard InChI is InChI=1S/C11H13N3O/c1-3-4-11(15)9-5-6-10(13-14-12)8(2)7-9/h5-7H,3-4H2,1-2H3. The molecule has 1 aromatic rings. The molecule has 0 heterocycles. The minimum atomic E-state index is 0.132. The van der Waals surface area contributed by atoms with E-state index in [2.05, 4.69) is 10.0 Å². The summed E-state index contributed by atoms with van der Waals surface area (Å²) in [5.74, 6) is 0.132. The molecular formula is C11H13N3O. The van der Waals surface area contributed by atoms with Crippen molar-refractivity contribution in [1.82, 2.24) is 0 Å².